The Morgan fingerprint density at radius 3 is 1.88 bits per heavy atom. The summed E-state index contributed by atoms with van der Waals surface area (Å²) in [5.74, 6) is 1.34. The van der Waals surface area contributed by atoms with Crippen LogP contribution in [0.25, 0.3) is 0 Å². The van der Waals surface area contributed by atoms with Gasteiger partial charge in [0.05, 0.1) is 0 Å². The van der Waals surface area contributed by atoms with Gasteiger partial charge in [-0.05, 0) is 6.92 Å². The first-order chi connectivity index (χ1) is 11.6. The van der Waals surface area contributed by atoms with Gasteiger partial charge in [0.2, 0.25) is 11.9 Å². The van der Waals surface area contributed by atoms with Crippen molar-refractivity contribution in [2.45, 2.75) is 19.9 Å². The molecule has 0 aliphatic heterocycles. The van der Waals surface area contributed by atoms with E-state index in [1.165, 1.54) is 0 Å². The maximum atomic E-state index is 9.27. The standard InChI is InChI=1S/C13H21N7O4/c1-10-14-3-5-18(10)4-2-11-15-12(19(6-21)7-22)17-13(16-11)20(8-23)9-24/h3,5,21-24H,2,4,6-9H2,1H3. The van der Waals surface area contributed by atoms with Crippen LogP contribution in [0.5, 0.6) is 0 Å². The van der Waals surface area contributed by atoms with Crippen LogP contribution in [0, 0.1) is 6.92 Å². The Hall–Kier alpha value is -2.34. The van der Waals surface area contributed by atoms with Crippen LogP contribution in [0.2, 0.25) is 0 Å². The highest BCUT2D eigenvalue weighted by molar-refractivity contribution is 5.38. The maximum Gasteiger partial charge on any atom is 0.234 e. The first-order valence-electron chi connectivity index (χ1n) is 7.29. The third-order valence-electron chi connectivity index (χ3n) is 3.41. The Labute approximate surface area is 138 Å². The topological polar surface area (TPSA) is 144 Å². The van der Waals surface area contributed by atoms with Gasteiger partial charge in [0.1, 0.15) is 38.6 Å². The molecule has 0 fully saturated rings. The molecule has 4 N–H and O–H groups in total. The Morgan fingerprint density at radius 2 is 1.46 bits per heavy atom. The molecule has 2 rings (SSSR count). The molecule has 2 aromatic heterocycles. The maximum absolute atomic E-state index is 9.27. The molecular weight excluding hydrogens is 318 g/mol. The lowest BCUT2D eigenvalue weighted by Gasteiger charge is -2.21. The molecule has 0 aliphatic rings. The molecule has 24 heavy (non-hydrogen) atoms. The van der Waals surface area contributed by atoms with E-state index in [4.69, 9.17) is 0 Å². The average Bonchev–Trinajstić information content (AvgIpc) is 3.00. The van der Waals surface area contributed by atoms with Crippen molar-refractivity contribution in [2.24, 2.45) is 0 Å². The summed E-state index contributed by atoms with van der Waals surface area (Å²) in [6.07, 6.45) is 3.97. The Bertz CT molecular complexity index is 613. The zero-order valence-electron chi connectivity index (χ0n) is 13.3. The fourth-order valence-corrected chi connectivity index (χ4v) is 1.99. The van der Waals surface area contributed by atoms with Crippen molar-refractivity contribution < 1.29 is 20.4 Å². The van der Waals surface area contributed by atoms with Crippen LogP contribution in [0.3, 0.4) is 0 Å². The summed E-state index contributed by atoms with van der Waals surface area (Å²) in [6, 6.07) is 0. The van der Waals surface area contributed by atoms with Crippen molar-refractivity contribution in [3.05, 3.63) is 24.0 Å². The molecule has 0 saturated carbocycles. The number of imidazole rings is 1. The minimum atomic E-state index is -0.488. The zero-order valence-corrected chi connectivity index (χ0v) is 13.3. The van der Waals surface area contributed by atoms with Crippen LogP contribution in [0.15, 0.2) is 12.4 Å². The molecule has 0 aromatic carbocycles. The van der Waals surface area contributed by atoms with Crippen molar-refractivity contribution in [1.82, 2.24) is 24.5 Å². The summed E-state index contributed by atoms with van der Waals surface area (Å²) in [4.78, 5) is 18.8. The molecule has 0 radical (unpaired) electrons. The molecule has 0 spiro atoms. The summed E-state index contributed by atoms with van der Waals surface area (Å²) in [6.45, 7) is 0.501. The Morgan fingerprint density at radius 1 is 0.917 bits per heavy atom. The third kappa shape index (κ3) is 4.14. The fourth-order valence-electron chi connectivity index (χ4n) is 1.99. The summed E-state index contributed by atoms with van der Waals surface area (Å²) < 4.78 is 1.93. The van der Waals surface area contributed by atoms with Gasteiger partial charge in [-0.2, -0.15) is 15.0 Å². The van der Waals surface area contributed by atoms with Gasteiger partial charge in [0.25, 0.3) is 0 Å². The average molecular weight is 339 g/mol. The van der Waals surface area contributed by atoms with E-state index in [1.54, 1.807) is 6.20 Å². The summed E-state index contributed by atoms with van der Waals surface area (Å²) in [5, 5.41) is 37.1. The van der Waals surface area contributed by atoms with Gasteiger partial charge in [0, 0.05) is 25.4 Å². The Balaban J connectivity index is 2.29. The van der Waals surface area contributed by atoms with E-state index >= 15 is 0 Å². The molecule has 132 valence electrons. The minimum absolute atomic E-state index is 0.0502. The highest BCUT2D eigenvalue weighted by Gasteiger charge is 2.16. The van der Waals surface area contributed by atoms with E-state index in [1.807, 2.05) is 17.7 Å². The second kappa shape index (κ2) is 8.49. The van der Waals surface area contributed by atoms with Gasteiger partial charge in [-0.25, -0.2) is 4.98 Å². The number of aliphatic hydroxyl groups excluding tert-OH is 4. The summed E-state index contributed by atoms with van der Waals surface area (Å²) in [7, 11) is 0. The van der Waals surface area contributed by atoms with E-state index < -0.39 is 26.9 Å². The smallest absolute Gasteiger partial charge is 0.234 e. The normalized spacial score (nSPS) is 10.9. The summed E-state index contributed by atoms with van der Waals surface area (Å²) >= 11 is 0. The molecule has 0 aliphatic carbocycles. The van der Waals surface area contributed by atoms with Crippen LogP contribution in [0.4, 0.5) is 11.9 Å². The van der Waals surface area contributed by atoms with E-state index in [2.05, 4.69) is 19.9 Å². The Kier molecular flexibility index (Phi) is 6.37. The second-order valence-corrected chi connectivity index (χ2v) is 4.91. The van der Waals surface area contributed by atoms with Crippen molar-refractivity contribution in [2.75, 3.05) is 36.7 Å². The molecular formula is C13H21N7O4. The van der Waals surface area contributed by atoms with E-state index in [0.29, 0.717) is 18.8 Å². The first kappa shape index (κ1) is 18.0. The largest absolute Gasteiger partial charge is 0.376 e. The van der Waals surface area contributed by atoms with E-state index in [0.717, 1.165) is 15.6 Å². The number of hydrogen-bond donors (Lipinski definition) is 4. The molecule has 0 saturated heterocycles. The zero-order chi connectivity index (χ0) is 17.5. The van der Waals surface area contributed by atoms with Crippen molar-refractivity contribution >= 4 is 11.9 Å². The lowest BCUT2D eigenvalue weighted by Crippen LogP contribution is -2.31. The minimum Gasteiger partial charge on any atom is -0.376 e. The number of anilines is 2. The lowest BCUT2D eigenvalue weighted by molar-refractivity contribution is 0.217. The van der Waals surface area contributed by atoms with Crippen LogP contribution in [-0.2, 0) is 13.0 Å². The molecule has 0 atom stereocenters. The van der Waals surface area contributed by atoms with Crippen molar-refractivity contribution in [3.63, 3.8) is 0 Å². The molecule has 0 unspecified atom stereocenters. The van der Waals surface area contributed by atoms with Gasteiger partial charge in [0.15, 0.2) is 0 Å². The van der Waals surface area contributed by atoms with Gasteiger partial charge in [-0.3, -0.25) is 9.80 Å². The number of aliphatic hydroxyl groups is 4. The lowest BCUT2D eigenvalue weighted by atomic mass is 10.4. The quantitative estimate of drug-likeness (QED) is 0.380. The van der Waals surface area contributed by atoms with Gasteiger partial charge in [-0.1, -0.05) is 0 Å². The highest BCUT2D eigenvalue weighted by atomic mass is 16.3. The van der Waals surface area contributed by atoms with Crippen molar-refractivity contribution in [3.8, 4) is 0 Å². The molecule has 11 nitrogen and oxygen atoms in total. The van der Waals surface area contributed by atoms with Gasteiger partial charge >= 0.3 is 0 Å². The molecule has 11 heteroatoms. The van der Waals surface area contributed by atoms with E-state index in [9.17, 15) is 20.4 Å². The van der Waals surface area contributed by atoms with Crippen LogP contribution in [-0.4, -0.2) is 71.9 Å². The number of aryl methyl sites for hydroxylation is 3. The molecule has 2 heterocycles. The van der Waals surface area contributed by atoms with Crippen LogP contribution < -0.4 is 9.80 Å². The highest BCUT2D eigenvalue weighted by Crippen LogP contribution is 2.14. The predicted molar refractivity (Wildman–Crippen MR) is 83.8 cm³/mol. The van der Waals surface area contributed by atoms with Gasteiger partial charge in [-0.15, -0.1) is 0 Å². The number of hydrogen-bond acceptors (Lipinski definition) is 10. The van der Waals surface area contributed by atoms with Crippen molar-refractivity contribution in [1.29, 1.82) is 0 Å². The predicted octanol–water partition coefficient (Wildman–Crippen LogP) is -1.97. The third-order valence-corrected chi connectivity index (χ3v) is 3.41. The fraction of sp³-hybridized carbons (Fsp3) is 0.538. The molecule has 0 bridgehead atoms. The van der Waals surface area contributed by atoms with Crippen LogP contribution >= 0.6 is 0 Å². The number of aromatic nitrogens is 5. The summed E-state index contributed by atoms with van der Waals surface area (Å²) in [5.41, 5.74) is 0. The second-order valence-electron chi connectivity index (χ2n) is 4.91. The first-order valence-corrected chi connectivity index (χ1v) is 7.29. The monoisotopic (exact) mass is 339 g/mol. The molecule has 2 aromatic rings. The van der Waals surface area contributed by atoms with Crippen LogP contribution in [0.1, 0.15) is 11.6 Å². The SMILES string of the molecule is Cc1nccn1CCc1nc(N(CO)CO)nc(N(CO)CO)n1. The molecule has 0 amide bonds. The number of rotatable bonds is 9. The van der Waals surface area contributed by atoms with Gasteiger partial charge < -0.3 is 25.0 Å². The number of nitrogens with zero attached hydrogens (tertiary/aromatic N) is 7. The van der Waals surface area contributed by atoms with E-state index in [-0.39, 0.29) is 11.9 Å².